The number of carbonyl (C=O) groups is 1. The van der Waals surface area contributed by atoms with Crippen molar-refractivity contribution >= 4 is 15.9 Å². The number of primary sulfonamides is 1. The van der Waals surface area contributed by atoms with Crippen LogP contribution < -0.4 is 10.5 Å². The molecular formula is C13H20N2O4S. The number of methoxy groups -OCH3 is 1. The highest BCUT2D eigenvalue weighted by molar-refractivity contribution is 7.89. The van der Waals surface area contributed by atoms with Crippen molar-refractivity contribution in [3.8, 4) is 0 Å². The summed E-state index contributed by atoms with van der Waals surface area (Å²) in [7, 11) is -2.09. The van der Waals surface area contributed by atoms with Crippen molar-refractivity contribution in [3.63, 3.8) is 0 Å². The maximum atomic E-state index is 11.6. The van der Waals surface area contributed by atoms with E-state index in [2.05, 4.69) is 5.32 Å². The predicted molar refractivity (Wildman–Crippen MR) is 75.6 cm³/mol. The molecule has 20 heavy (non-hydrogen) atoms. The molecule has 0 heterocycles. The van der Waals surface area contributed by atoms with Gasteiger partial charge in [0, 0.05) is 19.6 Å². The maximum absolute atomic E-state index is 11.6. The number of benzene rings is 1. The smallest absolute Gasteiger partial charge is 0.238 e. The Kier molecular flexibility index (Phi) is 6.12. The number of amides is 1. The fourth-order valence-electron chi connectivity index (χ4n) is 1.74. The van der Waals surface area contributed by atoms with Crippen LogP contribution in [0.3, 0.4) is 0 Å². The molecule has 0 fully saturated rings. The first-order valence-electron chi connectivity index (χ1n) is 6.23. The topological polar surface area (TPSA) is 98.5 Å². The Balaban J connectivity index is 2.48. The number of rotatable bonds is 7. The molecule has 0 saturated carbocycles. The third-order valence-electron chi connectivity index (χ3n) is 2.72. The van der Waals surface area contributed by atoms with Gasteiger partial charge in [0.05, 0.1) is 11.5 Å². The first-order valence-corrected chi connectivity index (χ1v) is 7.77. The largest absolute Gasteiger partial charge is 0.383 e. The van der Waals surface area contributed by atoms with Gasteiger partial charge >= 0.3 is 0 Å². The van der Waals surface area contributed by atoms with Crippen LogP contribution in [0.2, 0.25) is 0 Å². The molecule has 0 aliphatic carbocycles. The monoisotopic (exact) mass is 300 g/mol. The molecular weight excluding hydrogens is 280 g/mol. The molecule has 0 unspecified atom stereocenters. The summed E-state index contributed by atoms with van der Waals surface area (Å²) in [5.74, 6) is -0.0647. The third kappa shape index (κ3) is 5.68. The van der Waals surface area contributed by atoms with E-state index in [-0.39, 0.29) is 16.8 Å². The van der Waals surface area contributed by atoms with Gasteiger partial charge in [0.15, 0.2) is 0 Å². The van der Waals surface area contributed by atoms with Crippen LogP contribution in [0.15, 0.2) is 29.2 Å². The number of sulfonamides is 1. The number of nitrogens with one attached hydrogen (secondary N) is 1. The van der Waals surface area contributed by atoms with Crippen LogP contribution >= 0.6 is 0 Å². The van der Waals surface area contributed by atoms with Crippen molar-refractivity contribution in [2.75, 3.05) is 13.7 Å². The van der Waals surface area contributed by atoms with E-state index in [1.807, 2.05) is 6.92 Å². The Morgan fingerprint density at radius 2 is 1.95 bits per heavy atom. The molecule has 1 amide bonds. The minimum absolute atomic E-state index is 0.0303. The van der Waals surface area contributed by atoms with E-state index in [0.717, 1.165) is 5.56 Å². The molecule has 1 rings (SSSR count). The molecule has 1 atom stereocenters. The Bertz CT molecular complexity index is 540. The zero-order valence-corrected chi connectivity index (χ0v) is 12.4. The summed E-state index contributed by atoms with van der Waals surface area (Å²) in [5.41, 5.74) is 0.881. The van der Waals surface area contributed by atoms with E-state index in [4.69, 9.17) is 9.88 Å². The van der Waals surface area contributed by atoms with Gasteiger partial charge < -0.3 is 10.1 Å². The zero-order valence-electron chi connectivity index (χ0n) is 11.6. The van der Waals surface area contributed by atoms with Gasteiger partial charge in [-0.05, 0) is 31.0 Å². The van der Waals surface area contributed by atoms with Crippen molar-refractivity contribution in [2.45, 2.75) is 30.7 Å². The number of nitrogens with two attached hydrogens (primary N) is 1. The lowest BCUT2D eigenvalue weighted by atomic mass is 10.1. The second kappa shape index (κ2) is 7.37. The lowest BCUT2D eigenvalue weighted by Gasteiger charge is -2.12. The molecule has 112 valence electrons. The SMILES string of the molecule is COC[C@H](C)NC(=O)CCc1ccc(S(N)(=O)=O)cc1. The average molecular weight is 300 g/mol. The lowest BCUT2D eigenvalue weighted by Crippen LogP contribution is -2.35. The Morgan fingerprint density at radius 3 is 2.45 bits per heavy atom. The summed E-state index contributed by atoms with van der Waals surface area (Å²) in [5, 5.41) is 7.82. The number of hydrogen-bond donors (Lipinski definition) is 2. The average Bonchev–Trinajstić information content (AvgIpc) is 2.36. The van der Waals surface area contributed by atoms with Gasteiger partial charge in [-0.3, -0.25) is 4.79 Å². The summed E-state index contributed by atoms with van der Waals surface area (Å²) in [6.07, 6.45) is 0.874. The van der Waals surface area contributed by atoms with Crippen molar-refractivity contribution in [3.05, 3.63) is 29.8 Å². The Morgan fingerprint density at radius 1 is 1.35 bits per heavy atom. The second-order valence-corrected chi connectivity index (χ2v) is 6.17. The van der Waals surface area contributed by atoms with Crippen LogP contribution in [0.25, 0.3) is 0 Å². The van der Waals surface area contributed by atoms with Crippen LogP contribution in [-0.2, 0) is 26.0 Å². The number of aryl methyl sites for hydroxylation is 1. The van der Waals surface area contributed by atoms with E-state index in [1.165, 1.54) is 12.1 Å². The first kappa shape index (κ1) is 16.6. The normalized spacial score (nSPS) is 12.9. The highest BCUT2D eigenvalue weighted by Gasteiger charge is 2.09. The number of carbonyl (C=O) groups excluding carboxylic acids is 1. The molecule has 0 spiro atoms. The van der Waals surface area contributed by atoms with E-state index in [0.29, 0.717) is 19.4 Å². The molecule has 1 aromatic carbocycles. The highest BCUT2D eigenvalue weighted by Crippen LogP contribution is 2.10. The minimum Gasteiger partial charge on any atom is -0.383 e. The summed E-state index contributed by atoms with van der Waals surface area (Å²) in [6.45, 7) is 2.33. The van der Waals surface area contributed by atoms with Gasteiger partial charge in [0.2, 0.25) is 15.9 Å². The number of ether oxygens (including phenoxy) is 1. The molecule has 0 saturated heterocycles. The van der Waals surface area contributed by atoms with Gasteiger partial charge in [-0.15, -0.1) is 0 Å². The summed E-state index contributed by atoms with van der Waals surface area (Å²) >= 11 is 0. The second-order valence-electron chi connectivity index (χ2n) is 4.61. The molecule has 0 aliphatic rings. The van der Waals surface area contributed by atoms with Crippen LogP contribution in [0.1, 0.15) is 18.9 Å². The fraction of sp³-hybridized carbons (Fsp3) is 0.462. The van der Waals surface area contributed by atoms with E-state index >= 15 is 0 Å². The van der Waals surface area contributed by atoms with Gasteiger partial charge in [0.1, 0.15) is 0 Å². The molecule has 0 radical (unpaired) electrons. The van der Waals surface area contributed by atoms with Gasteiger partial charge in [-0.2, -0.15) is 0 Å². The maximum Gasteiger partial charge on any atom is 0.238 e. The van der Waals surface area contributed by atoms with Crippen LogP contribution in [-0.4, -0.2) is 34.1 Å². The lowest BCUT2D eigenvalue weighted by molar-refractivity contribution is -0.122. The number of hydrogen-bond acceptors (Lipinski definition) is 4. The summed E-state index contributed by atoms with van der Waals surface area (Å²) in [4.78, 5) is 11.7. The summed E-state index contributed by atoms with van der Waals surface area (Å²) < 4.78 is 27.1. The Hall–Kier alpha value is -1.44. The van der Waals surface area contributed by atoms with Crippen molar-refractivity contribution < 1.29 is 17.9 Å². The zero-order chi connectivity index (χ0) is 15.2. The van der Waals surface area contributed by atoms with Crippen molar-refractivity contribution in [1.82, 2.24) is 5.32 Å². The van der Waals surface area contributed by atoms with E-state index in [1.54, 1.807) is 19.2 Å². The molecule has 0 bridgehead atoms. The molecule has 3 N–H and O–H groups in total. The van der Waals surface area contributed by atoms with Gasteiger partial charge in [-0.1, -0.05) is 12.1 Å². The Labute approximate surface area is 119 Å². The summed E-state index contributed by atoms with van der Waals surface area (Å²) in [6, 6.07) is 6.17. The van der Waals surface area contributed by atoms with Crippen molar-refractivity contribution in [1.29, 1.82) is 0 Å². The first-order chi connectivity index (χ1) is 9.32. The predicted octanol–water partition coefficient (Wildman–Crippen LogP) is 0.418. The van der Waals surface area contributed by atoms with Gasteiger partial charge in [-0.25, -0.2) is 13.6 Å². The van der Waals surface area contributed by atoms with Crippen molar-refractivity contribution in [2.24, 2.45) is 5.14 Å². The van der Waals surface area contributed by atoms with E-state index in [9.17, 15) is 13.2 Å². The quantitative estimate of drug-likeness (QED) is 0.762. The molecule has 1 aromatic rings. The third-order valence-corrected chi connectivity index (χ3v) is 3.65. The molecule has 0 aliphatic heterocycles. The fourth-order valence-corrected chi connectivity index (χ4v) is 2.26. The van der Waals surface area contributed by atoms with Crippen LogP contribution in [0, 0.1) is 0 Å². The molecule has 7 heteroatoms. The minimum atomic E-state index is -3.67. The molecule has 6 nitrogen and oxygen atoms in total. The highest BCUT2D eigenvalue weighted by atomic mass is 32.2. The van der Waals surface area contributed by atoms with E-state index < -0.39 is 10.0 Å². The van der Waals surface area contributed by atoms with Gasteiger partial charge in [0.25, 0.3) is 0 Å². The standard InChI is InChI=1S/C13H20N2O4S/c1-10(9-19-2)15-13(16)8-5-11-3-6-12(7-4-11)20(14,17)18/h3-4,6-7,10H,5,8-9H2,1-2H3,(H,15,16)(H2,14,17,18)/t10-/m0/s1. The van der Waals surface area contributed by atoms with Crippen LogP contribution in [0.4, 0.5) is 0 Å². The van der Waals surface area contributed by atoms with Crippen LogP contribution in [0.5, 0.6) is 0 Å². The molecule has 0 aromatic heterocycles.